The van der Waals surface area contributed by atoms with Crippen LogP contribution in [0.1, 0.15) is 20.0 Å². The molecule has 0 N–H and O–H groups in total. The zero-order valence-corrected chi connectivity index (χ0v) is 14.0. The Balaban J connectivity index is 2.63. The highest BCUT2D eigenvalue weighted by Crippen LogP contribution is 2.40. The fourth-order valence-corrected chi connectivity index (χ4v) is 4.08. The van der Waals surface area contributed by atoms with Gasteiger partial charge < -0.3 is 4.74 Å². The number of esters is 1. The van der Waals surface area contributed by atoms with E-state index in [-0.39, 0.29) is 5.97 Å². The Kier molecular flexibility index (Phi) is 5.01. The first-order valence-corrected chi connectivity index (χ1v) is 8.46. The normalized spacial score (nSPS) is 10.3. The number of carbonyl (C=O) groups excluding carboxylic acids is 2. The molecule has 1 aromatic heterocycles. The molecule has 3 nitrogen and oxygen atoms in total. The van der Waals surface area contributed by atoms with Gasteiger partial charge in [0.2, 0.25) is 0 Å². The molecule has 0 spiro atoms. The van der Waals surface area contributed by atoms with Crippen molar-refractivity contribution in [1.82, 2.24) is 0 Å². The first-order valence-electron chi connectivity index (χ1n) is 5.62. The Morgan fingerprint density at radius 1 is 1.40 bits per heavy atom. The molecule has 2 rings (SSSR count). The van der Waals surface area contributed by atoms with Crippen LogP contribution in [0.5, 0.6) is 0 Å². The lowest BCUT2D eigenvalue weighted by molar-refractivity contribution is 0.0606. The van der Waals surface area contributed by atoms with E-state index in [1.54, 1.807) is 17.8 Å². The predicted molar refractivity (Wildman–Crippen MR) is 86.0 cm³/mol. The number of rotatable bonds is 4. The zero-order chi connectivity index (χ0) is 14.7. The van der Waals surface area contributed by atoms with E-state index in [9.17, 15) is 9.59 Å². The Morgan fingerprint density at radius 2 is 2.15 bits per heavy atom. The molecule has 6 heteroatoms. The summed E-state index contributed by atoms with van der Waals surface area (Å²) in [5.41, 5.74) is 2.27. The maximum Gasteiger partial charge on any atom is 0.348 e. The van der Waals surface area contributed by atoms with E-state index in [1.807, 2.05) is 24.5 Å². The first-order chi connectivity index (χ1) is 9.62. The van der Waals surface area contributed by atoms with E-state index in [0.29, 0.717) is 10.4 Å². The Labute approximate surface area is 133 Å². The number of thiophene rings is 1. The van der Waals surface area contributed by atoms with Crippen LogP contribution in [-0.2, 0) is 4.74 Å². The number of hydrogen-bond donors (Lipinski definition) is 0. The summed E-state index contributed by atoms with van der Waals surface area (Å²) < 4.78 is 6.47. The fourth-order valence-electron chi connectivity index (χ4n) is 1.81. The van der Waals surface area contributed by atoms with Crippen LogP contribution in [0.2, 0.25) is 0 Å². The van der Waals surface area contributed by atoms with Gasteiger partial charge in [-0.3, -0.25) is 4.79 Å². The average molecular weight is 371 g/mol. The zero-order valence-electron chi connectivity index (χ0n) is 10.8. The molecule has 0 aliphatic carbocycles. The molecule has 20 heavy (non-hydrogen) atoms. The number of benzene rings is 1. The molecule has 0 fully saturated rings. The molecule has 0 bridgehead atoms. The molecule has 1 aromatic carbocycles. The second kappa shape index (κ2) is 6.56. The van der Waals surface area contributed by atoms with Crippen LogP contribution in [0.4, 0.5) is 0 Å². The van der Waals surface area contributed by atoms with Crippen molar-refractivity contribution in [3.05, 3.63) is 39.2 Å². The lowest BCUT2D eigenvalue weighted by Gasteiger charge is -2.06. The smallest absolute Gasteiger partial charge is 0.348 e. The van der Waals surface area contributed by atoms with Gasteiger partial charge in [0.1, 0.15) is 4.88 Å². The molecular formula is C14H11BrO3S2. The van der Waals surface area contributed by atoms with Crippen LogP contribution in [0.15, 0.2) is 32.9 Å². The second-order valence-corrected chi connectivity index (χ2v) is 6.81. The van der Waals surface area contributed by atoms with Gasteiger partial charge in [0.05, 0.1) is 11.3 Å². The third kappa shape index (κ3) is 2.82. The summed E-state index contributed by atoms with van der Waals surface area (Å²) in [7, 11) is 1.36. The average Bonchev–Trinajstić information content (AvgIpc) is 2.90. The van der Waals surface area contributed by atoms with Crippen molar-refractivity contribution in [1.29, 1.82) is 0 Å². The summed E-state index contributed by atoms with van der Waals surface area (Å²) in [6, 6.07) is 7.33. The van der Waals surface area contributed by atoms with Gasteiger partial charge in [0.15, 0.2) is 6.29 Å². The van der Waals surface area contributed by atoms with Crippen molar-refractivity contribution in [3.63, 3.8) is 0 Å². The van der Waals surface area contributed by atoms with Gasteiger partial charge in [-0.25, -0.2) is 4.79 Å². The van der Waals surface area contributed by atoms with E-state index < -0.39 is 0 Å². The summed E-state index contributed by atoms with van der Waals surface area (Å²) in [4.78, 5) is 23.5. The predicted octanol–water partition coefficient (Wildman–Crippen LogP) is 4.50. The first kappa shape index (κ1) is 15.3. The highest BCUT2D eigenvalue weighted by molar-refractivity contribution is 9.10. The van der Waals surface area contributed by atoms with Crippen molar-refractivity contribution < 1.29 is 14.3 Å². The number of thioether (sulfide) groups is 1. The minimum Gasteiger partial charge on any atom is -0.465 e. The molecule has 0 unspecified atom stereocenters. The van der Waals surface area contributed by atoms with Crippen LogP contribution >= 0.6 is 39.0 Å². The van der Waals surface area contributed by atoms with Gasteiger partial charge in [-0.2, -0.15) is 0 Å². The number of carbonyl (C=O) groups is 2. The molecule has 0 aliphatic rings. The monoisotopic (exact) mass is 370 g/mol. The highest BCUT2D eigenvalue weighted by atomic mass is 79.9. The van der Waals surface area contributed by atoms with Crippen molar-refractivity contribution in [2.75, 3.05) is 13.4 Å². The maximum atomic E-state index is 11.6. The summed E-state index contributed by atoms with van der Waals surface area (Å²) in [6.45, 7) is 0. The van der Waals surface area contributed by atoms with Crippen LogP contribution < -0.4 is 0 Å². The molecular weight excluding hydrogens is 360 g/mol. The third-order valence-corrected chi connectivity index (χ3v) is 5.67. The number of halogens is 1. The van der Waals surface area contributed by atoms with Gasteiger partial charge in [-0.05, 0) is 24.0 Å². The van der Waals surface area contributed by atoms with E-state index in [2.05, 4.69) is 15.9 Å². The Morgan fingerprint density at radius 3 is 2.75 bits per heavy atom. The molecule has 1 heterocycles. The number of aldehydes is 1. The van der Waals surface area contributed by atoms with E-state index in [4.69, 9.17) is 4.74 Å². The van der Waals surface area contributed by atoms with Crippen LogP contribution in [-0.4, -0.2) is 25.6 Å². The fraction of sp³-hybridized carbons (Fsp3) is 0.143. The van der Waals surface area contributed by atoms with E-state index in [1.165, 1.54) is 18.4 Å². The van der Waals surface area contributed by atoms with E-state index >= 15 is 0 Å². The lowest BCUT2D eigenvalue weighted by atomic mass is 10.0. The largest absolute Gasteiger partial charge is 0.465 e. The molecule has 0 saturated carbocycles. The van der Waals surface area contributed by atoms with Gasteiger partial charge in [-0.15, -0.1) is 23.1 Å². The topological polar surface area (TPSA) is 43.4 Å². The summed E-state index contributed by atoms with van der Waals surface area (Å²) in [5, 5.41) is 0. The molecule has 104 valence electrons. The van der Waals surface area contributed by atoms with Crippen molar-refractivity contribution >= 4 is 51.3 Å². The highest BCUT2D eigenvalue weighted by Gasteiger charge is 2.18. The Bertz CT molecular complexity index is 664. The van der Waals surface area contributed by atoms with Crippen LogP contribution in [0.25, 0.3) is 11.1 Å². The van der Waals surface area contributed by atoms with Crippen molar-refractivity contribution in [2.24, 2.45) is 0 Å². The minimum absolute atomic E-state index is 0.362. The summed E-state index contributed by atoms with van der Waals surface area (Å²) in [5.74, 6) is -0.362. The van der Waals surface area contributed by atoms with Crippen LogP contribution in [0, 0.1) is 0 Å². The molecule has 0 amide bonds. The van der Waals surface area contributed by atoms with Gasteiger partial charge in [-0.1, -0.05) is 28.1 Å². The molecule has 0 radical (unpaired) electrons. The van der Waals surface area contributed by atoms with Gasteiger partial charge >= 0.3 is 5.97 Å². The SMILES string of the molecule is COC(=O)c1cc(-c2cccc(Br)c2C=O)c(SC)s1. The minimum atomic E-state index is -0.362. The van der Waals surface area contributed by atoms with Crippen LogP contribution in [0.3, 0.4) is 0 Å². The van der Waals surface area contributed by atoms with Crippen molar-refractivity contribution in [2.45, 2.75) is 4.21 Å². The summed E-state index contributed by atoms with van der Waals surface area (Å²) in [6.07, 6.45) is 2.76. The van der Waals surface area contributed by atoms with Gasteiger partial charge in [0.25, 0.3) is 0 Å². The lowest BCUT2D eigenvalue weighted by Crippen LogP contribution is -1.97. The molecule has 2 aromatic rings. The Hall–Kier alpha value is -1.11. The number of hydrogen-bond acceptors (Lipinski definition) is 5. The quantitative estimate of drug-likeness (QED) is 0.451. The second-order valence-electron chi connectivity index (χ2n) is 3.83. The third-order valence-electron chi connectivity index (χ3n) is 2.73. The standard InChI is InChI=1S/C14H11BrO3S2/c1-18-13(17)12-6-9(14(19-2)20-12)8-4-3-5-11(15)10(8)7-16/h3-7H,1-2H3. The van der Waals surface area contributed by atoms with Gasteiger partial charge in [0, 0.05) is 15.6 Å². The maximum absolute atomic E-state index is 11.6. The molecule has 0 saturated heterocycles. The number of methoxy groups -OCH3 is 1. The van der Waals surface area contributed by atoms with E-state index in [0.717, 1.165) is 26.1 Å². The molecule has 0 atom stereocenters. The van der Waals surface area contributed by atoms with Crippen molar-refractivity contribution in [3.8, 4) is 11.1 Å². The number of ether oxygens (including phenoxy) is 1. The summed E-state index contributed by atoms with van der Waals surface area (Å²) >= 11 is 6.29. The molecule has 0 aliphatic heterocycles.